The average molecular weight is 245 g/mol. The van der Waals surface area contributed by atoms with Crippen molar-refractivity contribution in [1.29, 1.82) is 5.26 Å². The van der Waals surface area contributed by atoms with Gasteiger partial charge in [0.2, 0.25) is 0 Å². The fourth-order valence-corrected chi connectivity index (χ4v) is 1.99. The lowest BCUT2D eigenvalue weighted by molar-refractivity contribution is 0.435. The molecule has 0 spiro atoms. The highest BCUT2D eigenvalue weighted by molar-refractivity contribution is 5.67. The molecule has 3 nitrogen and oxygen atoms in total. The minimum atomic E-state index is -0.234. The van der Waals surface area contributed by atoms with E-state index in [4.69, 9.17) is 11.0 Å². The van der Waals surface area contributed by atoms with Crippen molar-refractivity contribution in [2.75, 3.05) is 23.7 Å². The molecule has 0 saturated carbocycles. The maximum atomic E-state index is 8.99. The SMILES string of the molecule is CCN(CCCC(C)(C)C#N)c1ccccc1N. The maximum Gasteiger partial charge on any atom is 0.0683 e. The van der Waals surface area contributed by atoms with E-state index in [-0.39, 0.29) is 5.41 Å². The van der Waals surface area contributed by atoms with Gasteiger partial charge in [-0.15, -0.1) is 0 Å². The topological polar surface area (TPSA) is 53.0 Å². The number of nitrogens with zero attached hydrogens (tertiary/aromatic N) is 2. The van der Waals surface area contributed by atoms with Crippen molar-refractivity contribution in [3.05, 3.63) is 24.3 Å². The Morgan fingerprint density at radius 1 is 1.33 bits per heavy atom. The van der Waals surface area contributed by atoms with Gasteiger partial charge in [0, 0.05) is 13.1 Å². The maximum absolute atomic E-state index is 8.99. The zero-order chi connectivity index (χ0) is 13.6. The van der Waals surface area contributed by atoms with Gasteiger partial charge in [0.1, 0.15) is 0 Å². The van der Waals surface area contributed by atoms with Gasteiger partial charge in [-0.05, 0) is 45.7 Å². The lowest BCUT2D eigenvalue weighted by Crippen LogP contribution is -2.26. The first-order valence-electron chi connectivity index (χ1n) is 6.51. The predicted molar refractivity (Wildman–Crippen MR) is 77.4 cm³/mol. The number of benzene rings is 1. The summed E-state index contributed by atoms with van der Waals surface area (Å²) in [5.74, 6) is 0. The molecule has 0 aliphatic heterocycles. The van der Waals surface area contributed by atoms with Gasteiger partial charge in [-0.25, -0.2) is 0 Å². The molecule has 0 aromatic heterocycles. The average Bonchev–Trinajstić information content (AvgIpc) is 2.36. The van der Waals surface area contributed by atoms with Crippen molar-refractivity contribution in [3.8, 4) is 6.07 Å². The molecule has 1 aromatic carbocycles. The zero-order valence-corrected chi connectivity index (χ0v) is 11.6. The van der Waals surface area contributed by atoms with Crippen LogP contribution < -0.4 is 10.6 Å². The molecular formula is C15H23N3. The van der Waals surface area contributed by atoms with Crippen LogP contribution >= 0.6 is 0 Å². The fraction of sp³-hybridized carbons (Fsp3) is 0.533. The van der Waals surface area contributed by atoms with E-state index in [0.717, 1.165) is 37.3 Å². The van der Waals surface area contributed by atoms with E-state index in [0.29, 0.717) is 0 Å². The molecule has 1 aromatic rings. The van der Waals surface area contributed by atoms with Gasteiger partial charge in [-0.2, -0.15) is 5.26 Å². The lowest BCUT2D eigenvalue weighted by atomic mass is 9.90. The van der Waals surface area contributed by atoms with E-state index in [1.807, 2.05) is 38.1 Å². The molecule has 0 atom stereocenters. The van der Waals surface area contributed by atoms with Crippen LogP contribution in [0, 0.1) is 16.7 Å². The quantitative estimate of drug-likeness (QED) is 0.781. The minimum absolute atomic E-state index is 0.234. The van der Waals surface area contributed by atoms with Crippen molar-refractivity contribution >= 4 is 11.4 Å². The van der Waals surface area contributed by atoms with Gasteiger partial charge in [-0.1, -0.05) is 12.1 Å². The molecule has 0 aliphatic carbocycles. The summed E-state index contributed by atoms with van der Waals surface area (Å²) in [6.45, 7) is 7.97. The van der Waals surface area contributed by atoms with Crippen molar-refractivity contribution in [3.63, 3.8) is 0 Å². The molecule has 0 heterocycles. The second kappa shape index (κ2) is 6.30. The van der Waals surface area contributed by atoms with Gasteiger partial charge in [-0.3, -0.25) is 0 Å². The Morgan fingerprint density at radius 3 is 2.56 bits per heavy atom. The molecule has 1 rings (SSSR count). The Bertz CT molecular complexity index is 418. The predicted octanol–water partition coefficient (Wildman–Crippen LogP) is 3.43. The highest BCUT2D eigenvalue weighted by Crippen LogP contribution is 2.25. The Balaban J connectivity index is 2.59. The van der Waals surface area contributed by atoms with Crippen molar-refractivity contribution in [2.45, 2.75) is 33.6 Å². The molecular weight excluding hydrogens is 222 g/mol. The second-order valence-electron chi connectivity index (χ2n) is 5.24. The summed E-state index contributed by atoms with van der Waals surface area (Å²) < 4.78 is 0. The third-order valence-electron chi connectivity index (χ3n) is 3.19. The van der Waals surface area contributed by atoms with Crippen LogP contribution in [-0.2, 0) is 0 Å². The summed E-state index contributed by atoms with van der Waals surface area (Å²) in [7, 11) is 0. The number of hydrogen-bond donors (Lipinski definition) is 1. The number of nitrogens with two attached hydrogens (primary N) is 1. The number of para-hydroxylation sites is 2. The largest absolute Gasteiger partial charge is 0.397 e. The van der Waals surface area contributed by atoms with Crippen LogP contribution in [0.2, 0.25) is 0 Å². The highest BCUT2D eigenvalue weighted by Gasteiger charge is 2.16. The van der Waals surface area contributed by atoms with Crippen LogP contribution in [0.25, 0.3) is 0 Å². The van der Waals surface area contributed by atoms with Crippen LogP contribution in [0.1, 0.15) is 33.6 Å². The van der Waals surface area contributed by atoms with Crippen LogP contribution in [0.4, 0.5) is 11.4 Å². The summed E-state index contributed by atoms with van der Waals surface area (Å²) >= 11 is 0. The summed E-state index contributed by atoms with van der Waals surface area (Å²) in [6, 6.07) is 10.3. The fourth-order valence-electron chi connectivity index (χ4n) is 1.99. The normalized spacial score (nSPS) is 11.0. The van der Waals surface area contributed by atoms with Gasteiger partial charge < -0.3 is 10.6 Å². The Hall–Kier alpha value is -1.69. The smallest absolute Gasteiger partial charge is 0.0683 e. The van der Waals surface area contributed by atoms with Gasteiger partial charge in [0.25, 0.3) is 0 Å². The van der Waals surface area contributed by atoms with Gasteiger partial charge in [0.05, 0.1) is 22.9 Å². The molecule has 0 radical (unpaired) electrons. The van der Waals surface area contributed by atoms with E-state index in [1.165, 1.54) is 0 Å². The summed E-state index contributed by atoms with van der Waals surface area (Å²) in [5.41, 5.74) is 7.66. The van der Waals surface area contributed by atoms with E-state index in [9.17, 15) is 0 Å². The summed E-state index contributed by atoms with van der Waals surface area (Å²) in [4.78, 5) is 2.27. The number of rotatable bonds is 6. The van der Waals surface area contributed by atoms with Gasteiger partial charge >= 0.3 is 0 Å². The highest BCUT2D eigenvalue weighted by atomic mass is 15.1. The molecule has 0 bridgehead atoms. The molecule has 2 N–H and O–H groups in total. The molecule has 0 fully saturated rings. The molecule has 18 heavy (non-hydrogen) atoms. The molecule has 0 unspecified atom stereocenters. The number of hydrogen-bond acceptors (Lipinski definition) is 3. The van der Waals surface area contributed by atoms with Crippen molar-refractivity contribution < 1.29 is 0 Å². The van der Waals surface area contributed by atoms with Crippen LogP contribution in [0.15, 0.2) is 24.3 Å². The molecule has 98 valence electrons. The van der Waals surface area contributed by atoms with E-state index < -0.39 is 0 Å². The summed E-state index contributed by atoms with van der Waals surface area (Å²) in [6.07, 6.45) is 1.91. The Kier molecular flexibility index (Phi) is 5.03. The lowest BCUT2D eigenvalue weighted by Gasteiger charge is -2.26. The first kappa shape index (κ1) is 14.4. The minimum Gasteiger partial charge on any atom is -0.397 e. The monoisotopic (exact) mass is 245 g/mol. The van der Waals surface area contributed by atoms with E-state index >= 15 is 0 Å². The first-order valence-corrected chi connectivity index (χ1v) is 6.51. The van der Waals surface area contributed by atoms with Crippen LogP contribution in [-0.4, -0.2) is 13.1 Å². The molecule has 0 saturated heterocycles. The zero-order valence-electron chi connectivity index (χ0n) is 11.6. The number of nitrogen functional groups attached to an aromatic ring is 1. The standard InChI is InChI=1S/C15H23N3/c1-4-18(11-7-10-15(2,3)12-16)14-9-6-5-8-13(14)17/h5-6,8-9H,4,7,10-11,17H2,1-3H3. The van der Waals surface area contributed by atoms with E-state index in [2.05, 4.69) is 17.9 Å². The van der Waals surface area contributed by atoms with Crippen LogP contribution in [0.3, 0.4) is 0 Å². The molecule has 0 amide bonds. The third kappa shape index (κ3) is 3.96. The Labute approximate surface area is 110 Å². The molecule has 0 aliphatic rings. The van der Waals surface area contributed by atoms with Crippen LogP contribution in [0.5, 0.6) is 0 Å². The second-order valence-corrected chi connectivity index (χ2v) is 5.24. The van der Waals surface area contributed by atoms with Gasteiger partial charge in [0.15, 0.2) is 0 Å². The molecule has 3 heteroatoms. The number of anilines is 2. The third-order valence-corrected chi connectivity index (χ3v) is 3.19. The Morgan fingerprint density at radius 2 is 2.00 bits per heavy atom. The van der Waals surface area contributed by atoms with Crippen molar-refractivity contribution in [1.82, 2.24) is 0 Å². The first-order chi connectivity index (χ1) is 8.50. The summed E-state index contributed by atoms with van der Waals surface area (Å²) in [5, 5.41) is 8.99. The van der Waals surface area contributed by atoms with E-state index in [1.54, 1.807) is 0 Å². The van der Waals surface area contributed by atoms with Crippen molar-refractivity contribution in [2.24, 2.45) is 5.41 Å². The number of nitriles is 1.